The summed E-state index contributed by atoms with van der Waals surface area (Å²) in [6.45, 7) is 4.00. The van der Waals surface area contributed by atoms with Crippen LogP contribution in [0.1, 0.15) is 60.6 Å². The van der Waals surface area contributed by atoms with E-state index in [9.17, 15) is 110 Å². The maximum Gasteiger partial charge on any atom is 0.416 e. The van der Waals surface area contributed by atoms with Crippen molar-refractivity contribution in [3.8, 4) is 0 Å². The fourth-order valence-electron chi connectivity index (χ4n) is 7.65. The van der Waals surface area contributed by atoms with E-state index < -0.39 is 195 Å². The van der Waals surface area contributed by atoms with Crippen molar-refractivity contribution in [3.63, 3.8) is 0 Å². The molecule has 0 amide bonds. The van der Waals surface area contributed by atoms with Crippen LogP contribution in [0.3, 0.4) is 0 Å². The van der Waals surface area contributed by atoms with Gasteiger partial charge in [-0.05, 0) is 24.3 Å². The van der Waals surface area contributed by atoms with Crippen LogP contribution in [-0.2, 0) is 56.0 Å². The molecule has 0 bridgehead atoms. The second kappa shape index (κ2) is 20.0. The Morgan fingerprint density at radius 2 is 0.689 bits per heavy atom. The molecule has 28 heteroatoms. The summed E-state index contributed by atoms with van der Waals surface area (Å²) >= 11 is 0. The first-order valence-electron chi connectivity index (χ1n) is 20.0. The van der Waals surface area contributed by atoms with Crippen LogP contribution in [0.4, 0.5) is 105 Å². The minimum absolute atomic E-state index is 0.0740. The molecule has 3 nitrogen and oxygen atoms in total. The Balaban J connectivity index is 0.000000500. The second-order valence-electron chi connectivity index (χ2n) is 15.8. The summed E-state index contributed by atoms with van der Waals surface area (Å²) in [5, 5.41) is 0. The SMILES string of the molecule is C=Cc1cncc[n+]1CC(=O)c1ccccc1.FC(F)(F)c1cc([B-](c2cc(C(F)(F)F)cc(C(F)(F)F)c2)(c2cc(C(F)(F)F)cc(C(F)(F)F)c2)c2cc(C(F)(F)F)cc(C(F)(F)F)c2)cc(C(F)(F)F)c1. The lowest BCUT2D eigenvalue weighted by Crippen LogP contribution is -2.75. The lowest BCUT2D eigenvalue weighted by Gasteiger charge is -2.46. The molecule has 0 aliphatic carbocycles. The summed E-state index contributed by atoms with van der Waals surface area (Å²) in [5.41, 5.74) is -28.7. The number of ketones is 1. The number of Topliss-reactive ketones (excluding diaryl/α,β-unsaturated/α-hetero) is 1. The molecule has 396 valence electrons. The van der Waals surface area contributed by atoms with Gasteiger partial charge in [0.1, 0.15) is 6.15 Å². The first kappa shape index (κ1) is 57.9. The van der Waals surface area contributed by atoms with Gasteiger partial charge in [0.25, 0.3) is 0 Å². The average Bonchev–Trinajstić information content (AvgIpc) is 3.27. The maximum absolute atomic E-state index is 14.2. The van der Waals surface area contributed by atoms with Crippen molar-refractivity contribution in [2.24, 2.45) is 0 Å². The summed E-state index contributed by atoms with van der Waals surface area (Å²) in [4.78, 5) is 16.0. The molecule has 0 saturated heterocycles. The van der Waals surface area contributed by atoms with E-state index in [0.29, 0.717) is 12.1 Å². The molecule has 0 saturated carbocycles. The van der Waals surface area contributed by atoms with Crippen LogP contribution in [0, 0.1) is 0 Å². The van der Waals surface area contributed by atoms with Crippen LogP contribution < -0.4 is 26.4 Å². The molecule has 0 aliphatic rings. The number of alkyl halides is 24. The third kappa shape index (κ3) is 13.2. The minimum Gasteiger partial charge on any atom is -0.287 e. The Morgan fingerprint density at radius 3 is 0.919 bits per heavy atom. The van der Waals surface area contributed by atoms with Gasteiger partial charge in [-0.2, -0.15) is 132 Å². The van der Waals surface area contributed by atoms with Gasteiger partial charge in [0.2, 0.25) is 18.0 Å². The molecule has 74 heavy (non-hydrogen) atoms. The van der Waals surface area contributed by atoms with E-state index in [1.165, 1.54) is 0 Å². The number of halogens is 24. The van der Waals surface area contributed by atoms with Crippen molar-refractivity contribution in [2.45, 2.75) is 56.0 Å². The van der Waals surface area contributed by atoms with Crippen molar-refractivity contribution in [2.75, 3.05) is 0 Å². The van der Waals surface area contributed by atoms with E-state index in [1.54, 1.807) is 24.7 Å². The highest BCUT2D eigenvalue weighted by atomic mass is 19.4. The Morgan fingerprint density at radius 1 is 0.432 bits per heavy atom. The topological polar surface area (TPSA) is 33.8 Å². The molecule has 0 spiro atoms. The van der Waals surface area contributed by atoms with Crippen LogP contribution in [-0.4, -0.2) is 16.9 Å². The van der Waals surface area contributed by atoms with Crippen molar-refractivity contribution in [1.29, 1.82) is 0 Å². The number of carbonyl (C=O) groups is 1. The molecule has 0 N–H and O–H groups in total. The third-order valence-electron chi connectivity index (χ3n) is 10.9. The summed E-state index contributed by atoms with van der Waals surface area (Å²) in [5.74, 6) is 0.0740. The van der Waals surface area contributed by atoms with Crippen molar-refractivity contribution >= 4 is 39.9 Å². The lowest BCUT2D eigenvalue weighted by molar-refractivity contribution is -0.685. The van der Waals surface area contributed by atoms with Gasteiger partial charge in [-0.25, -0.2) is 0 Å². The van der Waals surface area contributed by atoms with Gasteiger partial charge in [-0.1, -0.05) is 85.4 Å². The van der Waals surface area contributed by atoms with Gasteiger partial charge in [-0.15, -0.1) is 0 Å². The van der Waals surface area contributed by atoms with Gasteiger partial charge in [0.15, 0.2) is 6.20 Å². The number of hydrogen-bond donors (Lipinski definition) is 0. The fraction of sp³-hybridized carbons (Fsp3) is 0.196. The molecular formula is C46H25BF24N2O. The Bertz CT molecular complexity index is 2580. The number of hydrogen-bond acceptors (Lipinski definition) is 2. The van der Waals surface area contributed by atoms with E-state index in [-0.39, 0.29) is 5.78 Å². The van der Waals surface area contributed by atoms with E-state index in [0.717, 1.165) is 5.69 Å². The molecule has 6 aromatic rings. The quantitative estimate of drug-likeness (QED) is 0.0659. The molecule has 0 aliphatic heterocycles. The Kier molecular flexibility index (Phi) is 15.7. The number of benzene rings is 5. The monoisotopic (exact) mass is 1090 g/mol. The molecular weight excluding hydrogens is 1060 g/mol. The van der Waals surface area contributed by atoms with Crippen LogP contribution >= 0.6 is 0 Å². The summed E-state index contributed by atoms with van der Waals surface area (Å²) < 4.78 is 343. The number of aromatic nitrogens is 2. The van der Waals surface area contributed by atoms with E-state index in [2.05, 4.69) is 11.6 Å². The largest absolute Gasteiger partial charge is 0.416 e. The molecule has 0 unspecified atom stereocenters. The van der Waals surface area contributed by atoms with Crippen molar-refractivity contribution < 1.29 is 115 Å². The Labute approximate surface area is 399 Å². The van der Waals surface area contributed by atoms with Crippen LogP contribution in [0.15, 0.2) is 128 Å². The predicted octanol–water partition coefficient (Wildman–Crippen LogP) is 13.1. The van der Waals surface area contributed by atoms with Gasteiger partial charge in [-0.3, -0.25) is 9.78 Å². The first-order chi connectivity index (χ1) is 33.6. The van der Waals surface area contributed by atoms with E-state index in [4.69, 9.17) is 0 Å². The van der Waals surface area contributed by atoms with Crippen LogP contribution in [0.5, 0.6) is 0 Å². The van der Waals surface area contributed by atoms with Gasteiger partial charge < -0.3 is 0 Å². The molecule has 0 radical (unpaired) electrons. The normalized spacial score (nSPS) is 13.3. The van der Waals surface area contributed by atoms with Gasteiger partial charge >= 0.3 is 49.4 Å². The first-order valence-corrected chi connectivity index (χ1v) is 20.0. The predicted molar refractivity (Wildman–Crippen MR) is 215 cm³/mol. The van der Waals surface area contributed by atoms with Crippen LogP contribution in [0.25, 0.3) is 6.08 Å². The lowest BCUT2D eigenvalue weighted by atomic mass is 9.12. The number of nitrogens with zero attached hydrogens (tertiary/aromatic N) is 2. The number of rotatable bonds is 8. The van der Waals surface area contributed by atoms with Gasteiger partial charge in [0, 0.05) is 11.6 Å². The fourth-order valence-corrected chi connectivity index (χ4v) is 7.65. The van der Waals surface area contributed by atoms with Crippen molar-refractivity contribution in [1.82, 2.24) is 4.98 Å². The minimum atomic E-state index is -6.13. The average molecular weight is 1090 g/mol. The van der Waals surface area contributed by atoms with Gasteiger partial charge in [0.05, 0.1) is 56.9 Å². The van der Waals surface area contributed by atoms with E-state index in [1.807, 2.05) is 34.9 Å². The van der Waals surface area contributed by atoms with Crippen LogP contribution in [0.2, 0.25) is 0 Å². The highest BCUT2D eigenvalue weighted by Crippen LogP contribution is 2.41. The molecule has 0 fully saturated rings. The highest BCUT2D eigenvalue weighted by molar-refractivity contribution is 7.20. The zero-order valence-corrected chi connectivity index (χ0v) is 36.0. The molecule has 0 atom stereocenters. The summed E-state index contributed by atoms with van der Waals surface area (Å²) in [6, 6.07) is 0.438. The highest BCUT2D eigenvalue weighted by Gasteiger charge is 2.47. The third-order valence-corrected chi connectivity index (χ3v) is 10.9. The molecule has 1 aromatic heterocycles. The zero-order chi connectivity index (χ0) is 56.0. The summed E-state index contributed by atoms with van der Waals surface area (Å²) in [6.07, 6.45) is -48.0. The standard InChI is InChI=1S/C32H12BF24.C14H13N2O/c34-25(35,36)13-1-14(26(37,38)39)6-21(5-13)33(22-7-15(27(40,41)42)2-16(8-22)28(43,44)45,23-9-17(29(46,47)48)3-18(10-23)30(49,50)51)24-11-19(31(52,53)54)4-20(12-24)32(55,56)57;1-2-13-10-15-8-9-16(13)11-14(17)12-6-4-3-5-7-12/h1-12H;2-10H,1,11H2/q-1;+1. The van der Waals surface area contributed by atoms with Crippen molar-refractivity contribution in [3.05, 3.63) is 184 Å². The Hall–Kier alpha value is -7.03. The molecule has 1 heterocycles. The molecule has 5 aromatic carbocycles. The van der Waals surface area contributed by atoms with E-state index >= 15 is 0 Å². The summed E-state index contributed by atoms with van der Waals surface area (Å²) in [7, 11) is 0. The number of carbonyl (C=O) groups excluding carboxylic acids is 1. The zero-order valence-electron chi connectivity index (χ0n) is 36.0. The second-order valence-corrected chi connectivity index (χ2v) is 15.8. The maximum atomic E-state index is 14.2. The smallest absolute Gasteiger partial charge is 0.287 e. The molecule has 6 rings (SSSR count).